The molecule has 0 saturated carbocycles. The summed E-state index contributed by atoms with van der Waals surface area (Å²) < 4.78 is 18.5. The molecule has 2 heterocycles. The summed E-state index contributed by atoms with van der Waals surface area (Å²) in [5.41, 5.74) is 1.52. The van der Waals surface area contributed by atoms with Crippen LogP contribution in [0.15, 0.2) is 30.3 Å². The zero-order chi connectivity index (χ0) is 17.6. The molecule has 132 valence electrons. The molecule has 1 aliphatic rings. The average Bonchev–Trinajstić information content (AvgIpc) is 3.08. The molecule has 0 aliphatic carbocycles. The van der Waals surface area contributed by atoms with Gasteiger partial charge in [0.05, 0.1) is 6.10 Å². The number of rotatable bonds is 5. The van der Waals surface area contributed by atoms with E-state index >= 15 is 0 Å². The quantitative estimate of drug-likeness (QED) is 0.707. The van der Waals surface area contributed by atoms with Gasteiger partial charge in [-0.2, -0.15) is 4.98 Å². The lowest BCUT2D eigenvalue weighted by molar-refractivity contribution is 0.114. The molecule has 25 heavy (non-hydrogen) atoms. The van der Waals surface area contributed by atoms with Gasteiger partial charge in [0.1, 0.15) is 11.6 Å². The van der Waals surface area contributed by atoms with E-state index in [1.165, 1.54) is 12.1 Å². The van der Waals surface area contributed by atoms with Gasteiger partial charge < -0.3 is 20.7 Å². The lowest BCUT2D eigenvalue weighted by Crippen LogP contribution is -2.35. The van der Waals surface area contributed by atoms with Crippen molar-refractivity contribution in [2.45, 2.75) is 25.9 Å². The van der Waals surface area contributed by atoms with Crippen LogP contribution in [0.25, 0.3) is 0 Å². The van der Waals surface area contributed by atoms with Gasteiger partial charge in [0.2, 0.25) is 5.95 Å². The van der Waals surface area contributed by atoms with Crippen LogP contribution in [-0.4, -0.2) is 34.3 Å². The Hall–Kier alpha value is -2.32. The molecule has 3 rings (SSSR count). The van der Waals surface area contributed by atoms with Crippen LogP contribution >= 0.6 is 12.2 Å². The highest BCUT2D eigenvalue weighted by Crippen LogP contribution is 2.17. The molecule has 1 fully saturated rings. The molecule has 0 spiro atoms. The normalized spacial score (nSPS) is 16.5. The van der Waals surface area contributed by atoms with Crippen molar-refractivity contribution in [2.24, 2.45) is 0 Å². The molecule has 0 amide bonds. The van der Waals surface area contributed by atoms with Crippen LogP contribution < -0.4 is 16.0 Å². The number of halogens is 1. The molecule has 1 aromatic heterocycles. The average molecular weight is 361 g/mol. The molecular weight excluding hydrogens is 341 g/mol. The topological polar surface area (TPSA) is 71.1 Å². The maximum absolute atomic E-state index is 13.0. The number of aryl methyl sites for hydroxylation is 1. The SMILES string of the molecule is Cc1cc(Nc2ccc(F)cc2)nc(NC(=S)NCC2CCCO2)n1. The Morgan fingerprint density at radius 1 is 1.32 bits per heavy atom. The lowest BCUT2D eigenvalue weighted by Gasteiger charge is -2.14. The molecule has 8 heteroatoms. The lowest BCUT2D eigenvalue weighted by atomic mass is 10.2. The van der Waals surface area contributed by atoms with Gasteiger partial charge in [-0.1, -0.05) is 0 Å². The van der Waals surface area contributed by atoms with Crippen molar-refractivity contribution >= 4 is 34.8 Å². The molecule has 6 nitrogen and oxygen atoms in total. The van der Waals surface area contributed by atoms with Crippen LogP contribution in [0.5, 0.6) is 0 Å². The number of aromatic nitrogens is 2. The monoisotopic (exact) mass is 361 g/mol. The van der Waals surface area contributed by atoms with E-state index in [0.29, 0.717) is 23.4 Å². The van der Waals surface area contributed by atoms with Crippen LogP contribution in [0, 0.1) is 12.7 Å². The van der Waals surface area contributed by atoms with E-state index < -0.39 is 0 Å². The molecule has 1 atom stereocenters. The number of nitrogens with one attached hydrogen (secondary N) is 3. The van der Waals surface area contributed by atoms with E-state index in [9.17, 15) is 4.39 Å². The van der Waals surface area contributed by atoms with Gasteiger partial charge in [0, 0.05) is 30.6 Å². The first-order chi connectivity index (χ1) is 12.1. The van der Waals surface area contributed by atoms with Gasteiger partial charge in [-0.05, 0) is 56.2 Å². The Morgan fingerprint density at radius 3 is 2.84 bits per heavy atom. The zero-order valence-electron chi connectivity index (χ0n) is 13.9. The first-order valence-electron chi connectivity index (χ1n) is 8.13. The molecule has 2 aromatic rings. The third kappa shape index (κ3) is 5.33. The van der Waals surface area contributed by atoms with E-state index in [2.05, 4.69) is 25.9 Å². The largest absolute Gasteiger partial charge is 0.376 e. The highest BCUT2D eigenvalue weighted by molar-refractivity contribution is 7.80. The molecule has 0 radical (unpaired) electrons. The Kier molecular flexibility index (Phi) is 5.72. The van der Waals surface area contributed by atoms with Crippen molar-refractivity contribution in [3.05, 3.63) is 41.8 Å². The molecule has 3 N–H and O–H groups in total. The fraction of sp³-hybridized carbons (Fsp3) is 0.353. The van der Waals surface area contributed by atoms with Crippen LogP contribution in [-0.2, 0) is 4.74 Å². The first-order valence-corrected chi connectivity index (χ1v) is 8.54. The molecule has 1 saturated heterocycles. The predicted molar refractivity (Wildman–Crippen MR) is 99.6 cm³/mol. The Labute approximate surface area is 151 Å². The number of hydrogen-bond donors (Lipinski definition) is 3. The van der Waals surface area contributed by atoms with Crippen LogP contribution in [0.2, 0.25) is 0 Å². The molecule has 1 aliphatic heterocycles. The van der Waals surface area contributed by atoms with Crippen LogP contribution in [0.3, 0.4) is 0 Å². The number of anilines is 3. The maximum Gasteiger partial charge on any atom is 0.231 e. The second-order valence-electron chi connectivity index (χ2n) is 5.82. The fourth-order valence-electron chi connectivity index (χ4n) is 2.53. The van der Waals surface area contributed by atoms with E-state index in [1.807, 2.05) is 6.92 Å². The fourth-order valence-corrected chi connectivity index (χ4v) is 2.70. The zero-order valence-corrected chi connectivity index (χ0v) is 14.7. The number of nitrogens with zero attached hydrogens (tertiary/aromatic N) is 2. The summed E-state index contributed by atoms with van der Waals surface area (Å²) >= 11 is 5.28. The standard InChI is InChI=1S/C17H20FN5OS/c1-11-9-15(21-13-6-4-12(18)5-7-13)22-16(20-11)23-17(25)19-10-14-3-2-8-24-14/h4-7,9,14H,2-3,8,10H2,1H3,(H3,19,20,21,22,23,25). The van der Waals surface area contributed by atoms with Gasteiger partial charge >= 0.3 is 0 Å². The van der Waals surface area contributed by atoms with Crippen molar-refractivity contribution in [1.82, 2.24) is 15.3 Å². The summed E-state index contributed by atoms with van der Waals surface area (Å²) in [5, 5.41) is 9.68. The second kappa shape index (κ2) is 8.17. The number of hydrogen-bond acceptors (Lipinski definition) is 5. The minimum absolute atomic E-state index is 0.203. The molecule has 1 aromatic carbocycles. The van der Waals surface area contributed by atoms with Crippen molar-refractivity contribution in [1.29, 1.82) is 0 Å². The summed E-state index contributed by atoms with van der Waals surface area (Å²) in [4.78, 5) is 8.71. The van der Waals surface area contributed by atoms with Gasteiger partial charge in [-0.25, -0.2) is 9.37 Å². The van der Waals surface area contributed by atoms with Crippen molar-refractivity contribution in [3.8, 4) is 0 Å². The van der Waals surface area contributed by atoms with E-state index in [1.54, 1.807) is 18.2 Å². The summed E-state index contributed by atoms with van der Waals surface area (Å²) in [6, 6.07) is 7.87. The van der Waals surface area contributed by atoms with Crippen molar-refractivity contribution in [3.63, 3.8) is 0 Å². The van der Waals surface area contributed by atoms with E-state index in [0.717, 1.165) is 30.8 Å². The third-order valence-corrected chi connectivity index (χ3v) is 3.96. The maximum atomic E-state index is 13.0. The van der Waals surface area contributed by atoms with Gasteiger partial charge in [-0.15, -0.1) is 0 Å². The summed E-state index contributed by atoms with van der Waals surface area (Å²) in [5.74, 6) is 0.715. The first kappa shape index (κ1) is 17.5. The van der Waals surface area contributed by atoms with Crippen LogP contribution in [0.1, 0.15) is 18.5 Å². The summed E-state index contributed by atoms with van der Waals surface area (Å²) in [7, 11) is 0. The summed E-state index contributed by atoms with van der Waals surface area (Å²) in [6.45, 7) is 3.34. The van der Waals surface area contributed by atoms with Crippen molar-refractivity contribution in [2.75, 3.05) is 23.8 Å². The Balaban J connectivity index is 1.60. The Bertz CT molecular complexity index is 734. The summed E-state index contributed by atoms with van der Waals surface area (Å²) in [6.07, 6.45) is 2.34. The highest BCUT2D eigenvalue weighted by atomic mass is 32.1. The minimum Gasteiger partial charge on any atom is -0.376 e. The third-order valence-electron chi connectivity index (χ3n) is 3.71. The van der Waals surface area contributed by atoms with Crippen molar-refractivity contribution < 1.29 is 9.13 Å². The van der Waals surface area contributed by atoms with E-state index in [4.69, 9.17) is 17.0 Å². The number of benzene rings is 1. The second-order valence-corrected chi connectivity index (χ2v) is 6.23. The highest BCUT2D eigenvalue weighted by Gasteiger charge is 2.15. The minimum atomic E-state index is -0.283. The van der Waals surface area contributed by atoms with E-state index in [-0.39, 0.29) is 11.9 Å². The molecule has 1 unspecified atom stereocenters. The van der Waals surface area contributed by atoms with Crippen LogP contribution in [0.4, 0.5) is 21.8 Å². The van der Waals surface area contributed by atoms with Gasteiger partial charge in [0.25, 0.3) is 0 Å². The smallest absolute Gasteiger partial charge is 0.231 e. The number of ether oxygens (including phenoxy) is 1. The predicted octanol–water partition coefficient (Wildman–Crippen LogP) is 3.13. The molecule has 0 bridgehead atoms. The molecular formula is C17H20FN5OS. The van der Waals surface area contributed by atoms with Gasteiger partial charge in [-0.3, -0.25) is 0 Å². The van der Waals surface area contributed by atoms with Gasteiger partial charge in [0.15, 0.2) is 5.11 Å². The number of thiocarbonyl (C=S) groups is 1. The Morgan fingerprint density at radius 2 is 2.12 bits per heavy atom.